The van der Waals surface area contributed by atoms with Crippen LogP contribution in [-0.2, 0) is 21.2 Å². The largest absolute Gasteiger partial charge is 0.497 e. The maximum Gasteiger partial charge on any atom is 0.264 e. The van der Waals surface area contributed by atoms with Crippen molar-refractivity contribution in [2.45, 2.75) is 11.3 Å². The summed E-state index contributed by atoms with van der Waals surface area (Å²) in [6.07, 6.45) is 0.694. The predicted octanol–water partition coefficient (Wildman–Crippen LogP) is 3.49. The molecule has 7 nitrogen and oxygen atoms in total. The number of para-hydroxylation sites is 1. The minimum atomic E-state index is -3.67. The van der Waals surface area contributed by atoms with E-state index in [0.29, 0.717) is 30.2 Å². The summed E-state index contributed by atoms with van der Waals surface area (Å²) in [5, 5.41) is 0. The fraction of sp³-hybridized carbons (Fsp3) is 0.208. The highest BCUT2D eigenvalue weighted by atomic mass is 32.2. The molecule has 0 saturated carbocycles. The van der Waals surface area contributed by atoms with Crippen LogP contribution in [0.1, 0.15) is 5.56 Å². The first-order valence-electron chi connectivity index (χ1n) is 10.1. The molecule has 1 heterocycles. The number of rotatable bonds is 7. The fourth-order valence-corrected chi connectivity index (χ4v) is 5.10. The molecule has 0 radical (unpaired) electrons. The molecule has 1 aliphatic rings. The quantitative estimate of drug-likeness (QED) is 0.549. The van der Waals surface area contributed by atoms with E-state index >= 15 is 0 Å². The van der Waals surface area contributed by atoms with E-state index in [1.54, 1.807) is 50.6 Å². The van der Waals surface area contributed by atoms with Crippen molar-refractivity contribution in [3.05, 3.63) is 78.4 Å². The van der Waals surface area contributed by atoms with Gasteiger partial charge in [-0.05, 0) is 54.4 Å². The number of amides is 1. The van der Waals surface area contributed by atoms with Crippen LogP contribution in [0.5, 0.6) is 11.5 Å². The molecule has 3 aromatic rings. The molecule has 0 atom stereocenters. The van der Waals surface area contributed by atoms with Gasteiger partial charge in [0.2, 0.25) is 0 Å². The second kappa shape index (κ2) is 8.92. The molecule has 1 amide bonds. The lowest BCUT2D eigenvalue weighted by Gasteiger charge is -2.20. The number of sulfonamides is 1. The van der Waals surface area contributed by atoms with Crippen LogP contribution in [0, 0.1) is 0 Å². The Labute approximate surface area is 187 Å². The summed E-state index contributed by atoms with van der Waals surface area (Å²) in [6.45, 7) is 0.240. The van der Waals surface area contributed by atoms with Crippen LogP contribution < -0.4 is 18.7 Å². The molecule has 8 heteroatoms. The average Bonchev–Trinajstić information content (AvgIpc) is 3.27. The van der Waals surface area contributed by atoms with Crippen molar-refractivity contribution in [3.63, 3.8) is 0 Å². The topological polar surface area (TPSA) is 76.1 Å². The molecule has 3 aromatic carbocycles. The molecule has 0 spiro atoms. The predicted molar refractivity (Wildman–Crippen MR) is 123 cm³/mol. The van der Waals surface area contributed by atoms with Gasteiger partial charge in [-0.25, -0.2) is 8.42 Å². The molecule has 0 N–H and O–H groups in total. The van der Waals surface area contributed by atoms with Crippen molar-refractivity contribution >= 4 is 27.3 Å². The second-order valence-electron chi connectivity index (χ2n) is 7.37. The van der Waals surface area contributed by atoms with Crippen molar-refractivity contribution in [3.8, 4) is 11.5 Å². The highest BCUT2D eigenvalue weighted by Gasteiger charge is 2.30. The van der Waals surface area contributed by atoms with Crippen molar-refractivity contribution in [1.29, 1.82) is 0 Å². The van der Waals surface area contributed by atoms with Crippen molar-refractivity contribution < 1.29 is 22.7 Å². The zero-order valence-corrected chi connectivity index (χ0v) is 18.7. The molecule has 0 fully saturated rings. The van der Waals surface area contributed by atoms with E-state index in [-0.39, 0.29) is 17.4 Å². The Morgan fingerprint density at radius 1 is 1.00 bits per heavy atom. The van der Waals surface area contributed by atoms with E-state index in [1.165, 1.54) is 21.3 Å². The third kappa shape index (κ3) is 4.27. The molecular formula is C24H24N2O5S. The van der Waals surface area contributed by atoms with Crippen LogP contribution in [0.15, 0.2) is 77.7 Å². The Hall–Kier alpha value is -3.52. The SMILES string of the molecule is COc1cccc(N(C)C(=O)COc2ccc(S(=O)(=O)N3CCc4ccccc43)cc2)c1. The second-order valence-corrected chi connectivity index (χ2v) is 9.23. The first kappa shape index (κ1) is 21.7. The van der Waals surface area contributed by atoms with Gasteiger partial charge in [0, 0.05) is 25.3 Å². The zero-order chi connectivity index (χ0) is 22.7. The Morgan fingerprint density at radius 2 is 1.75 bits per heavy atom. The maximum atomic E-state index is 13.1. The fourth-order valence-electron chi connectivity index (χ4n) is 3.60. The number of likely N-dealkylation sites (N-methyl/N-ethyl adjacent to an activating group) is 1. The molecule has 166 valence electrons. The van der Waals surface area contributed by atoms with Crippen LogP contribution in [0.4, 0.5) is 11.4 Å². The van der Waals surface area contributed by atoms with Gasteiger partial charge in [-0.2, -0.15) is 0 Å². The number of methoxy groups -OCH3 is 1. The van der Waals surface area contributed by atoms with E-state index in [0.717, 1.165) is 11.3 Å². The number of carbonyl (C=O) groups is 1. The van der Waals surface area contributed by atoms with Gasteiger partial charge >= 0.3 is 0 Å². The summed E-state index contributed by atoms with van der Waals surface area (Å²) in [5.41, 5.74) is 2.43. The molecule has 0 aliphatic carbocycles. The molecule has 1 aliphatic heterocycles. The van der Waals surface area contributed by atoms with Crippen molar-refractivity contribution in [2.75, 3.05) is 36.5 Å². The van der Waals surface area contributed by atoms with E-state index in [9.17, 15) is 13.2 Å². The molecule has 0 unspecified atom stereocenters. The molecule has 0 aromatic heterocycles. The minimum absolute atomic E-state index is 0.181. The molecule has 4 rings (SSSR count). The van der Waals surface area contributed by atoms with Gasteiger partial charge < -0.3 is 14.4 Å². The van der Waals surface area contributed by atoms with Crippen LogP contribution in [0.3, 0.4) is 0 Å². The molecule has 0 bridgehead atoms. The summed E-state index contributed by atoms with van der Waals surface area (Å²) in [4.78, 5) is 14.2. The number of benzene rings is 3. The number of hydrogen-bond acceptors (Lipinski definition) is 5. The van der Waals surface area contributed by atoms with Gasteiger partial charge in [0.25, 0.3) is 15.9 Å². The molecule has 32 heavy (non-hydrogen) atoms. The highest BCUT2D eigenvalue weighted by Crippen LogP contribution is 2.33. The standard InChI is InChI=1S/C24H24N2O5S/c1-25(19-7-5-8-21(16-19)30-2)24(27)17-31-20-10-12-22(13-11-20)32(28,29)26-15-14-18-6-3-4-9-23(18)26/h3-13,16H,14-15,17H2,1-2H3. The lowest BCUT2D eigenvalue weighted by Crippen LogP contribution is -2.31. The van der Waals surface area contributed by atoms with Crippen molar-refractivity contribution in [2.24, 2.45) is 0 Å². The number of nitrogens with zero attached hydrogens (tertiary/aromatic N) is 2. The van der Waals surface area contributed by atoms with Gasteiger partial charge in [0.05, 0.1) is 17.7 Å². The van der Waals surface area contributed by atoms with E-state index in [4.69, 9.17) is 9.47 Å². The summed E-state index contributed by atoms with van der Waals surface area (Å²) < 4.78 is 38.4. The third-order valence-corrected chi connectivity index (χ3v) is 7.26. The Kier molecular flexibility index (Phi) is 6.05. The average molecular weight is 453 g/mol. The summed E-state index contributed by atoms with van der Waals surface area (Å²) >= 11 is 0. The summed E-state index contributed by atoms with van der Waals surface area (Å²) in [7, 11) is -0.443. The lowest BCUT2D eigenvalue weighted by molar-refractivity contribution is -0.120. The van der Waals surface area contributed by atoms with Crippen LogP contribution in [0.25, 0.3) is 0 Å². The maximum absolute atomic E-state index is 13.1. The van der Waals surface area contributed by atoms with Crippen LogP contribution in [0.2, 0.25) is 0 Å². The van der Waals surface area contributed by atoms with Crippen LogP contribution >= 0.6 is 0 Å². The Bertz CT molecular complexity index is 1230. The van der Waals surface area contributed by atoms with E-state index < -0.39 is 10.0 Å². The highest BCUT2D eigenvalue weighted by molar-refractivity contribution is 7.92. The first-order chi connectivity index (χ1) is 15.4. The van der Waals surface area contributed by atoms with Crippen LogP contribution in [-0.4, -0.2) is 41.6 Å². The van der Waals surface area contributed by atoms with Gasteiger partial charge in [-0.1, -0.05) is 24.3 Å². The monoisotopic (exact) mass is 452 g/mol. The number of hydrogen-bond donors (Lipinski definition) is 0. The lowest BCUT2D eigenvalue weighted by atomic mass is 10.2. The number of fused-ring (bicyclic) bond motifs is 1. The molecule has 0 saturated heterocycles. The Balaban J connectivity index is 1.41. The van der Waals surface area contributed by atoms with Gasteiger partial charge in [0.15, 0.2) is 6.61 Å². The summed E-state index contributed by atoms with van der Waals surface area (Å²) in [6, 6.07) is 20.8. The summed E-state index contributed by atoms with van der Waals surface area (Å²) in [5.74, 6) is 0.822. The normalized spacial score (nSPS) is 12.9. The smallest absolute Gasteiger partial charge is 0.264 e. The van der Waals surface area contributed by atoms with Gasteiger partial charge in [0.1, 0.15) is 11.5 Å². The number of ether oxygens (including phenoxy) is 2. The number of anilines is 2. The zero-order valence-electron chi connectivity index (χ0n) is 17.9. The van der Waals surface area contributed by atoms with Crippen molar-refractivity contribution in [1.82, 2.24) is 0 Å². The van der Waals surface area contributed by atoms with E-state index in [2.05, 4.69) is 0 Å². The Morgan fingerprint density at radius 3 is 2.50 bits per heavy atom. The first-order valence-corrected chi connectivity index (χ1v) is 11.6. The molecular weight excluding hydrogens is 428 g/mol. The van der Waals surface area contributed by atoms with Gasteiger partial charge in [-0.3, -0.25) is 9.10 Å². The van der Waals surface area contributed by atoms with Gasteiger partial charge in [-0.15, -0.1) is 0 Å². The van der Waals surface area contributed by atoms with E-state index in [1.807, 2.05) is 24.3 Å². The third-order valence-electron chi connectivity index (χ3n) is 5.43. The minimum Gasteiger partial charge on any atom is -0.497 e. The number of carbonyl (C=O) groups excluding carboxylic acids is 1.